The maximum Gasteiger partial charge on any atom is 0.100 e. The molecule has 2 nitrogen and oxygen atoms in total. The molecular formula is C16H21BrN2. The smallest absolute Gasteiger partial charge is 0.100 e. The summed E-state index contributed by atoms with van der Waals surface area (Å²) in [5, 5.41) is 9.01. The Hall–Kier alpha value is -1.01. The number of nitriles is 1. The summed E-state index contributed by atoms with van der Waals surface area (Å²) < 4.78 is 0.902. The van der Waals surface area contributed by atoms with Gasteiger partial charge >= 0.3 is 0 Å². The summed E-state index contributed by atoms with van der Waals surface area (Å²) >= 11 is 3.50. The molecular weight excluding hydrogens is 300 g/mol. The number of rotatable bonds is 4. The second kappa shape index (κ2) is 6.43. The van der Waals surface area contributed by atoms with Gasteiger partial charge in [-0.15, -0.1) is 0 Å². The molecule has 2 rings (SSSR count). The molecule has 1 aliphatic carbocycles. The van der Waals surface area contributed by atoms with Crippen LogP contribution in [0.2, 0.25) is 0 Å². The minimum atomic E-state index is 0.648. The van der Waals surface area contributed by atoms with Crippen LogP contribution in [0.4, 0.5) is 5.69 Å². The van der Waals surface area contributed by atoms with E-state index in [1.165, 1.54) is 31.4 Å². The van der Waals surface area contributed by atoms with Gasteiger partial charge in [-0.25, -0.2) is 0 Å². The van der Waals surface area contributed by atoms with Crippen LogP contribution in [0.5, 0.6) is 0 Å². The fraction of sp³-hybridized carbons (Fsp3) is 0.562. The molecule has 0 saturated heterocycles. The van der Waals surface area contributed by atoms with Crippen molar-refractivity contribution in [1.82, 2.24) is 0 Å². The Morgan fingerprint density at radius 2 is 2.05 bits per heavy atom. The Morgan fingerprint density at radius 1 is 1.37 bits per heavy atom. The Morgan fingerprint density at radius 3 is 2.58 bits per heavy atom. The van der Waals surface area contributed by atoms with Gasteiger partial charge < -0.3 is 4.90 Å². The average Bonchev–Trinajstić information content (AvgIpc) is 2.89. The molecule has 0 amide bonds. The molecule has 0 aromatic heterocycles. The van der Waals surface area contributed by atoms with Gasteiger partial charge in [-0.05, 0) is 52.9 Å². The largest absolute Gasteiger partial charge is 0.368 e. The molecule has 0 unspecified atom stereocenters. The van der Waals surface area contributed by atoms with Crippen LogP contribution >= 0.6 is 15.9 Å². The predicted octanol–water partition coefficient (Wildman–Crippen LogP) is 4.73. The summed E-state index contributed by atoms with van der Waals surface area (Å²) in [5.74, 6) is 0.648. The summed E-state index contributed by atoms with van der Waals surface area (Å²) in [6, 6.07) is 8.98. The van der Waals surface area contributed by atoms with E-state index in [0.29, 0.717) is 17.5 Å². The van der Waals surface area contributed by atoms with Crippen LogP contribution in [-0.2, 0) is 0 Å². The SMILES string of the molecule is CC(C)CN(c1ccc(C#N)c(Br)c1)C1CCCC1. The highest BCUT2D eigenvalue weighted by Gasteiger charge is 2.23. The summed E-state index contributed by atoms with van der Waals surface area (Å²) in [6.45, 7) is 5.62. The molecule has 1 aromatic carbocycles. The van der Waals surface area contributed by atoms with E-state index in [0.717, 1.165) is 11.0 Å². The first-order valence-electron chi connectivity index (χ1n) is 7.08. The number of hydrogen-bond acceptors (Lipinski definition) is 2. The number of hydrogen-bond donors (Lipinski definition) is 0. The van der Waals surface area contributed by atoms with Gasteiger partial charge in [0, 0.05) is 22.7 Å². The average molecular weight is 321 g/mol. The minimum Gasteiger partial charge on any atom is -0.368 e. The van der Waals surface area contributed by atoms with Gasteiger partial charge in [-0.1, -0.05) is 26.7 Å². The normalized spacial score (nSPS) is 15.7. The number of halogens is 1. The lowest BCUT2D eigenvalue weighted by molar-refractivity contribution is 0.536. The van der Waals surface area contributed by atoms with E-state index in [1.807, 2.05) is 6.07 Å². The highest BCUT2D eigenvalue weighted by atomic mass is 79.9. The third-order valence-electron chi connectivity index (χ3n) is 3.73. The van der Waals surface area contributed by atoms with Gasteiger partial charge in [0.2, 0.25) is 0 Å². The molecule has 1 aliphatic rings. The van der Waals surface area contributed by atoms with Gasteiger partial charge in [-0.3, -0.25) is 0 Å². The zero-order valence-electron chi connectivity index (χ0n) is 11.7. The van der Waals surface area contributed by atoms with Crippen LogP contribution in [0.1, 0.15) is 45.1 Å². The fourth-order valence-electron chi connectivity index (χ4n) is 2.85. The summed E-state index contributed by atoms with van der Waals surface area (Å²) in [6.07, 6.45) is 5.28. The monoisotopic (exact) mass is 320 g/mol. The van der Waals surface area contributed by atoms with Crippen molar-refractivity contribution in [1.29, 1.82) is 5.26 Å². The Labute approximate surface area is 124 Å². The van der Waals surface area contributed by atoms with Crippen LogP contribution in [-0.4, -0.2) is 12.6 Å². The third-order valence-corrected chi connectivity index (χ3v) is 4.39. The van der Waals surface area contributed by atoms with Crippen LogP contribution in [0.3, 0.4) is 0 Å². The quantitative estimate of drug-likeness (QED) is 0.802. The number of nitrogens with zero attached hydrogens (tertiary/aromatic N) is 2. The molecule has 0 bridgehead atoms. The van der Waals surface area contributed by atoms with Crippen LogP contribution in [0.25, 0.3) is 0 Å². The summed E-state index contributed by atoms with van der Waals surface area (Å²) in [7, 11) is 0. The molecule has 1 saturated carbocycles. The van der Waals surface area contributed by atoms with E-state index in [-0.39, 0.29) is 0 Å². The lowest BCUT2D eigenvalue weighted by Gasteiger charge is -2.33. The van der Waals surface area contributed by atoms with Gasteiger partial charge in [-0.2, -0.15) is 5.26 Å². The van der Waals surface area contributed by atoms with Crippen molar-refractivity contribution in [3.8, 4) is 6.07 Å². The van der Waals surface area contributed by atoms with E-state index in [9.17, 15) is 0 Å². The third kappa shape index (κ3) is 3.51. The Bertz CT molecular complexity index is 470. The molecule has 0 spiro atoms. The number of anilines is 1. The van der Waals surface area contributed by atoms with Gasteiger partial charge in [0.15, 0.2) is 0 Å². The Balaban J connectivity index is 2.26. The minimum absolute atomic E-state index is 0.648. The van der Waals surface area contributed by atoms with E-state index < -0.39 is 0 Å². The van der Waals surface area contributed by atoms with E-state index in [2.05, 4.69) is 52.9 Å². The second-order valence-corrected chi connectivity index (χ2v) is 6.61. The molecule has 102 valence electrons. The first-order valence-corrected chi connectivity index (χ1v) is 7.87. The molecule has 0 atom stereocenters. The van der Waals surface area contributed by atoms with Crippen molar-refractivity contribution in [3.05, 3.63) is 28.2 Å². The van der Waals surface area contributed by atoms with Crippen molar-refractivity contribution in [3.63, 3.8) is 0 Å². The van der Waals surface area contributed by atoms with Crippen LogP contribution in [0.15, 0.2) is 22.7 Å². The van der Waals surface area contributed by atoms with Crippen molar-refractivity contribution in [2.45, 2.75) is 45.6 Å². The first-order chi connectivity index (χ1) is 9.11. The zero-order chi connectivity index (χ0) is 13.8. The maximum atomic E-state index is 9.01. The lowest BCUT2D eigenvalue weighted by Crippen LogP contribution is -2.36. The highest BCUT2D eigenvalue weighted by Crippen LogP contribution is 2.31. The van der Waals surface area contributed by atoms with Crippen LogP contribution < -0.4 is 4.90 Å². The van der Waals surface area contributed by atoms with Gasteiger partial charge in [0.05, 0.1) is 5.56 Å². The van der Waals surface area contributed by atoms with Gasteiger partial charge in [0.1, 0.15) is 6.07 Å². The van der Waals surface area contributed by atoms with E-state index in [4.69, 9.17) is 5.26 Å². The fourth-order valence-corrected chi connectivity index (χ4v) is 3.30. The maximum absolute atomic E-state index is 9.01. The molecule has 19 heavy (non-hydrogen) atoms. The van der Waals surface area contributed by atoms with E-state index in [1.54, 1.807) is 0 Å². The first kappa shape index (κ1) is 14.4. The molecule has 1 fully saturated rings. The van der Waals surface area contributed by atoms with Gasteiger partial charge in [0.25, 0.3) is 0 Å². The topological polar surface area (TPSA) is 27.0 Å². The molecule has 3 heteroatoms. The van der Waals surface area contributed by atoms with Crippen molar-refractivity contribution < 1.29 is 0 Å². The van der Waals surface area contributed by atoms with E-state index >= 15 is 0 Å². The molecule has 0 radical (unpaired) electrons. The predicted molar refractivity (Wildman–Crippen MR) is 83.3 cm³/mol. The lowest BCUT2D eigenvalue weighted by atomic mass is 10.1. The zero-order valence-corrected chi connectivity index (χ0v) is 13.3. The van der Waals surface area contributed by atoms with Crippen molar-refractivity contribution in [2.75, 3.05) is 11.4 Å². The number of benzene rings is 1. The molecule has 0 N–H and O–H groups in total. The molecule has 0 heterocycles. The molecule has 1 aromatic rings. The summed E-state index contributed by atoms with van der Waals surface area (Å²) in [5.41, 5.74) is 1.95. The summed E-state index contributed by atoms with van der Waals surface area (Å²) in [4.78, 5) is 2.53. The second-order valence-electron chi connectivity index (χ2n) is 5.76. The standard InChI is InChI=1S/C16H21BrN2/c1-12(2)11-19(14-5-3-4-6-14)15-8-7-13(10-18)16(17)9-15/h7-9,12,14H,3-6,11H2,1-2H3. The molecule has 0 aliphatic heterocycles. The van der Waals surface area contributed by atoms with Crippen molar-refractivity contribution in [2.24, 2.45) is 5.92 Å². The Kier molecular flexibility index (Phi) is 4.87. The van der Waals surface area contributed by atoms with Crippen molar-refractivity contribution >= 4 is 21.6 Å². The van der Waals surface area contributed by atoms with Crippen LogP contribution in [0, 0.1) is 17.2 Å². The highest BCUT2D eigenvalue weighted by molar-refractivity contribution is 9.10.